The molecule has 6 nitrogen and oxygen atoms in total. The van der Waals surface area contributed by atoms with Crippen LogP contribution in [0, 0.1) is 6.92 Å². The second kappa shape index (κ2) is 7.79. The smallest absolute Gasteiger partial charge is 0.260 e. The second-order valence-corrected chi connectivity index (χ2v) is 5.30. The maximum absolute atomic E-state index is 12.1. The van der Waals surface area contributed by atoms with Gasteiger partial charge in [0.25, 0.3) is 5.91 Å². The molecule has 0 unspecified atom stereocenters. The summed E-state index contributed by atoms with van der Waals surface area (Å²) in [7, 11) is 1.50. The molecule has 0 atom stereocenters. The molecule has 1 heterocycles. The fourth-order valence-electron chi connectivity index (χ4n) is 2.29. The number of piperazine rings is 1. The van der Waals surface area contributed by atoms with E-state index in [1.54, 1.807) is 9.80 Å². The standard InChI is InChI=1S/C16H22N2O4/c1-13-3-5-14(6-4-13)22-12-16(20)18-9-7-17(8-10-18)15(19)11-21-2/h3-6H,7-12H2,1-2H3. The maximum atomic E-state index is 12.1. The SMILES string of the molecule is COCC(=O)N1CCN(C(=O)COc2ccc(C)cc2)CC1. The van der Waals surface area contributed by atoms with E-state index >= 15 is 0 Å². The summed E-state index contributed by atoms with van der Waals surface area (Å²) in [5.41, 5.74) is 1.15. The lowest BCUT2D eigenvalue weighted by molar-refractivity contribution is -0.142. The molecule has 120 valence electrons. The van der Waals surface area contributed by atoms with Gasteiger partial charge in [0.05, 0.1) is 0 Å². The van der Waals surface area contributed by atoms with Gasteiger partial charge in [0.15, 0.2) is 6.61 Å². The third-order valence-electron chi connectivity index (χ3n) is 3.64. The molecule has 2 amide bonds. The highest BCUT2D eigenvalue weighted by Crippen LogP contribution is 2.12. The van der Waals surface area contributed by atoms with E-state index in [0.29, 0.717) is 31.9 Å². The van der Waals surface area contributed by atoms with Gasteiger partial charge < -0.3 is 19.3 Å². The number of amides is 2. The molecule has 0 aromatic heterocycles. The summed E-state index contributed by atoms with van der Waals surface area (Å²) in [6.07, 6.45) is 0. The summed E-state index contributed by atoms with van der Waals surface area (Å²) in [4.78, 5) is 27.2. The Balaban J connectivity index is 1.75. The largest absolute Gasteiger partial charge is 0.484 e. The van der Waals surface area contributed by atoms with Crippen LogP contribution in [-0.2, 0) is 14.3 Å². The molecular weight excluding hydrogens is 284 g/mol. The van der Waals surface area contributed by atoms with Gasteiger partial charge in [-0.3, -0.25) is 9.59 Å². The summed E-state index contributed by atoms with van der Waals surface area (Å²) in [6.45, 7) is 4.26. The molecule has 0 radical (unpaired) electrons. The fraction of sp³-hybridized carbons (Fsp3) is 0.500. The van der Waals surface area contributed by atoms with Crippen LogP contribution < -0.4 is 4.74 Å². The highest BCUT2D eigenvalue weighted by Gasteiger charge is 2.24. The average Bonchev–Trinajstić information content (AvgIpc) is 2.54. The van der Waals surface area contributed by atoms with E-state index in [1.165, 1.54) is 7.11 Å². The number of benzene rings is 1. The molecule has 0 bridgehead atoms. The van der Waals surface area contributed by atoms with E-state index in [1.807, 2.05) is 31.2 Å². The molecule has 0 saturated carbocycles. The molecule has 1 aromatic carbocycles. The molecule has 0 N–H and O–H groups in total. The van der Waals surface area contributed by atoms with Crippen LogP contribution in [0.25, 0.3) is 0 Å². The zero-order valence-corrected chi connectivity index (χ0v) is 13.1. The maximum Gasteiger partial charge on any atom is 0.260 e. The number of hydrogen-bond acceptors (Lipinski definition) is 4. The minimum atomic E-state index is -0.0561. The van der Waals surface area contributed by atoms with Crippen molar-refractivity contribution in [2.75, 3.05) is 46.5 Å². The minimum Gasteiger partial charge on any atom is -0.484 e. The van der Waals surface area contributed by atoms with Crippen molar-refractivity contribution in [2.24, 2.45) is 0 Å². The van der Waals surface area contributed by atoms with Crippen LogP contribution in [0.2, 0.25) is 0 Å². The molecule has 1 aromatic rings. The summed E-state index contributed by atoms with van der Waals surface area (Å²) < 4.78 is 10.3. The van der Waals surface area contributed by atoms with Crippen LogP contribution >= 0.6 is 0 Å². The molecule has 22 heavy (non-hydrogen) atoms. The Labute approximate surface area is 130 Å². The van der Waals surface area contributed by atoms with Crippen molar-refractivity contribution in [1.29, 1.82) is 0 Å². The van der Waals surface area contributed by atoms with Crippen LogP contribution in [0.4, 0.5) is 0 Å². The number of carbonyl (C=O) groups excluding carboxylic acids is 2. The molecule has 0 aliphatic carbocycles. The summed E-state index contributed by atoms with van der Waals surface area (Å²) in [6, 6.07) is 7.59. The van der Waals surface area contributed by atoms with E-state index in [9.17, 15) is 9.59 Å². The zero-order chi connectivity index (χ0) is 15.9. The lowest BCUT2D eigenvalue weighted by Gasteiger charge is -2.34. The predicted molar refractivity (Wildman–Crippen MR) is 81.7 cm³/mol. The van der Waals surface area contributed by atoms with E-state index < -0.39 is 0 Å². The second-order valence-electron chi connectivity index (χ2n) is 5.30. The Kier molecular flexibility index (Phi) is 5.77. The average molecular weight is 306 g/mol. The van der Waals surface area contributed by atoms with Gasteiger partial charge in [-0.2, -0.15) is 0 Å². The van der Waals surface area contributed by atoms with Crippen LogP contribution in [0.1, 0.15) is 5.56 Å². The number of methoxy groups -OCH3 is 1. The van der Waals surface area contributed by atoms with Crippen LogP contribution in [-0.4, -0.2) is 68.1 Å². The minimum absolute atomic E-state index is 0.0229. The number of rotatable bonds is 5. The van der Waals surface area contributed by atoms with Crippen molar-refractivity contribution < 1.29 is 19.1 Å². The van der Waals surface area contributed by atoms with E-state index in [2.05, 4.69) is 0 Å². The Morgan fingerprint density at radius 1 is 0.955 bits per heavy atom. The van der Waals surface area contributed by atoms with E-state index in [4.69, 9.17) is 9.47 Å². The Morgan fingerprint density at radius 3 is 1.95 bits per heavy atom. The Hall–Kier alpha value is -2.08. The van der Waals surface area contributed by atoms with Gasteiger partial charge in [-0.05, 0) is 19.1 Å². The Bertz CT molecular complexity index is 507. The quantitative estimate of drug-likeness (QED) is 0.803. The van der Waals surface area contributed by atoms with Crippen LogP contribution in [0.15, 0.2) is 24.3 Å². The van der Waals surface area contributed by atoms with Gasteiger partial charge in [0.2, 0.25) is 5.91 Å². The van der Waals surface area contributed by atoms with Crippen molar-refractivity contribution in [1.82, 2.24) is 9.80 Å². The molecule has 6 heteroatoms. The topological polar surface area (TPSA) is 59.1 Å². The number of carbonyl (C=O) groups is 2. The highest BCUT2D eigenvalue weighted by atomic mass is 16.5. The first kappa shape index (κ1) is 16.3. The molecular formula is C16H22N2O4. The fourth-order valence-corrected chi connectivity index (χ4v) is 2.29. The first-order chi connectivity index (χ1) is 10.6. The van der Waals surface area contributed by atoms with Gasteiger partial charge in [0, 0.05) is 33.3 Å². The van der Waals surface area contributed by atoms with Crippen LogP contribution in [0.5, 0.6) is 5.75 Å². The number of nitrogens with zero attached hydrogens (tertiary/aromatic N) is 2. The highest BCUT2D eigenvalue weighted by molar-refractivity contribution is 5.79. The summed E-state index contributed by atoms with van der Waals surface area (Å²) in [5, 5.41) is 0. The number of hydrogen-bond donors (Lipinski definition) is 0. The molecule has 1 fully saturated rings. The third-order valence-corrected chi connectivity index (χ3v) is 3.64. The lowest BCUT2D eigenvalue weighted by atomic mass is 10.2. The zero-order valence-electron chi connectivity index (χ0n) is 13.1. The van der Waals surface area contributed by atoms with Crippen molar-refractivity contribution in [3.8, 4) is 5.75 Å². The van der Waals surface area contributed by atoms with Crippen molar-refractivity contribution in [2.45, 2.75) is 6.92 Å². The predicted octanol–water partition coefficient (Wildman–Crippen LogP) is 0.691. The molecule has 1 aliphatic rings. The van der Waals surface area contributed by atoms with Crippen molar-refractivity contribution in [3.05, 3.63) is 29.8 Å². The summed E-state index contributed by atoms with van der Waals surface area (Å²) >= 11 is 0. The normalized spacial score (nSPS) is 14.8. The number of ether oxygens (including phenoxy) is 2. The first-order valence-electron chi connectivity index (χ1n) is 7.34. The molecule has 1 aliphatic heterocycles. The third kappa shape index (κ3) is 4.46. The van der Waals surface area contributed by atoms with Gasteiger partial charge in [-0.15, -0.1) is 0 Å². The van der Waals surface area contributed by atoms with Crippen molar-refractivity contribution in [3.63, 3.8) is 0 Å². The lowest BCUT2D eigenvalue weighted by Crippen LogP contribution is -2.52. The molecule has 1 saturated heterocycles. The van der Waals surface area contributed by atoms with Crippen molar-refractivity contribution >= 4 is 11.8 Å². The van der Waals surface area contributed by atoms with Crippen LogP contribution in [0.3, 0.4) is 0 Å². The monoisotopic (exact) mass is 306 g/mol. The first-order valence-corrected chi connectivity index (χ1v) is 7.34. The van der Waals surface area contributed by atoms with E-state index in [0.717, 1.165) is 5.56 Å². The molecule has 2 rings (SSSR count). The molecule has 0 spiro atoms. The van der Waals surface area contributed by atoms with E-state index in [-0.39, 0.29) is 25.0 Å². The van der Waals surface area contributed by atoms with Gasteiger partial charge in [-0.25, -0.2) is 0 Å². The summed E-state index contributed by atoms with van der Waals surface area (Å²) in [5.74, 6) is 0.595. The number of aryl methyl sites for hydroxylation is 1. The Morgan fingerprint density at radius 2 is 1.45 bits per heavy atom. The van der Waals surface area contributed by atoms with Gasteiger partial charge in [0.1, 0.15) is 12.4 Å². The van der Waals surface area contributed by atoms with Gasteiger partial charge in [-0.1, -0.05) is 17.7 Å². The van der Waals surface area contributed by atoms with Gasteiger partial charge >= 0.3 is 0 Å².